The van der Waals surface area contributed by atoms with Gasteiger partial charge in [-0.3, -0.25) is 14.2 Å². The highest BCUT2D eigenvalue weighted by molar-refractivity contribution is 9.10. The average molecular weight is 538 g/mol. The van der Waals surface area contributed by atoms with Crippen molar-refractivity contribution < 1.29 is 19.1 Å². The second-order valence-corrected chi connectivity index (χ2v) is 9.86. The Kier molecular flexibility index (Phi) is 9.10. The number of benzene rings is 1. The van der Waals surface area contributed by atoms with Crippen molar-refractivity contribution in [1.29, 1.82) is 0 Å². The first-order valence-corrected chi connectivity index (χ1v) is 12.6. The van der Waals surface area contributed by atoms with Crippen LogP contribution in [0.5, 0.6) is 0 Å². The number of ether oxygens (including phenoxy) is 2. The van der Waals surface area contributed by atoms with Crippen LogP contribution >= 0.6 is 27.7 Å². The summed E-state index contributed by atoms with van der Waals surface area (Å²) >= 11 is 5.14. The van der Waals surface area contributed by atoms with Crippen molar-refractivity contribution in [3.8, 4) is 0 Å². The van der Waals surface area contributed by atoms with Crippen molar-refractivity contribution in [2.24, 2.45) is 0 Å². The molecule has 3 rings (SSSR count). The van der Waals surface area contributed by atoms with Crippen molar-refractivity contribution in [3.05, 3.63) is 45.9 Å². The molecule has 2 atom stereocenters. The number of carbonyl (C=O) groups excluding carboxylic acids is 2. The van der Waals surface area contributed by atoms with E-state index in [0.717, 1.165) is 28.0 Å². The van der Waals surface area contributed by atoms with E-state index in [2.05, 4.69) is 27.5 Å². The summed E-state index contributed by atoms with van der Waals surface area (Å²) in [6, 6.07) is 3.17. The van der Waals surface area contributed by atoms with Crippen LogP contribution in [0.3, 0.4) is 0 Å². The molecule has 1 aromatic heterocycles. The fourth-order valence-electron chi connectivity index (χ4n) is 4.00. The number of likely N-dealkylation sites (tertiary alicyclic amines) is 1. The normalized spacial score (nSPS) is 18.3. The second-order valence-electron chi connectivity index (χ2n) is 7.70. The highest BCUT2D eigenvalue weighted by Gasteiger charge is 2.36. The van der Waals surface area contributed by atoms with E-state index in [0.29, 0.717) is 17.4 Å². The molecule has 2 aromatic rings. The molecule has 0 bridgehead atoms. The van der Waals surface area contributed by atoms with Crippen molar-refractivity contribution in [2.45, 2.75) is 49.8 Å². The number of rotatable bonds is 9. The fourth-order valence-corrected chi connectivity index (χ4v) is 5.39. The van der Waals surface area contributed by atoms with E-state index in [-0.39, 0.29) is 37.0 Å². The molecule has 178 valence electrons. The van der Waals surface area contributed by atoms with E-state index in [9.17, 15) is 14.4 Å². The number of piperidine rings is 1. The number of nitrogens with zero attached hydrogens (tertiary/aromatic N) is 3. The Morgan fingerprint density at radius 3 is 2.88 bits per heavy atom. The summed E-state index contributed by atoms with van der Waals surface area (Å²) in [4.78, 5) is 45.4. The van der Waals surface area contributed by atoms with Crippen LogP contribution in [0.1, 0.15) is 26.2 Å². The number of Topliss-reactive ketones (excluding diaryl/α,β-unsaturated/α-hetero) is 1. The molecule has 0 saturated carbocycles. The molecule has 0 radical (unpaired) electrons. The van der Waals surface area contributed by atoms with Gasteiger partial charge < -0.3 is 14.4 Å². The summed E-state index contributed by atoms with van der Waals surface area (Å²) in [5.74, 6) is 0.680. The van der Waals surface area contributed by atoms with Gasteiger partial charge in [0.25, 0.3) is 5.56 Å². The minimum absolute atomic E-state index is 0.0590. The van der Waals surface area contributed by atoms with Gasteiger partial charge in [0.05, 0.1) is 35.9 Å². The van der Waals surface area contributed by atoms with Crippen molar-refractivity contribution in [3.63, 3.8) is 0 Å². The van der Waals surface area contributed by atoms with E-state index in [1.54, 1.807) is 23.8 Å². The van der Waals surface area contributed by atoms with E-state index in [1.165, 1.54) is 17.0 Å². The van der Waals surface area contributed by atoms with Crippen LogP contribution in [0, 0.1) is 0 Å². The third kappa shape index (κ3) is 6.04. The van der Waals surface area contributed by atoms with Gasteiger partial charge in [0, 0.05) is 29.4 Å². The highest BCUT2D eigenvalue weighted by Crippen LogP contribution is 2.30. The van der Waals surface area contributed by atoms with Gasteiger partial charge in [0.2, 0.25) is 0 Å². The first-order valence-electron chi connectivity index (χ1n) is 10.8. The molecule has 2 heterocycles. The Morgan fingerprint density at radius 1 is 1.39 bits per heavy atom. The van der Waals surface area contributed by atoms with Crippen LogP contribution in [0.25, 0.3) is 10.9 Å². The number of aromatic nitrogens is 2. The van der Waals surface area contributed by atoms with Crippen LogP contribution in [0.15, 0.2) is 45.3 Å². The fraction of sp³-hybridized carbons (Fsp3) is 0.478. The number of fused-ring (bicyclic) bond motifs is 1. The lowest BCUT2D eigenvalue weighted by molar-refractivity contribution is -0.122. The maximum atomic E-state index is 13.1. The minimum Gasteiger partial charge on any atom is -0.445 e. The predicted molar refractivity (Wildman–Crippen MR) is 132 cm³/mol. The smallest absolute Gasteiger partial charge is 0.410 e. The quantitative estimate of drug-likeness (QED) is 0.352. The number of hydrogen-bond donors (Lipinski definition) is 0. The third-order valence-electron chi connectivity index (χ3n) is 5.54. The average Bonchev–Trinajstić information content (AvgIpc) is 2.80. The Balaban J connectivity index is 1.81. The predicted octanol–water partition coefficient (Wildman–Crippen LogP) is 4.03. The zero-order valence-electron chi connectivity index (χ0n) is 18.8. The van der Waals surface area contributed by atoms with E-state index in [4.69, 9.17) is 9.47 Å². The number of hydrogen-bond acceptors (Lipinski definition) is 7. The molecule has 1 aromatic carbocycles. The van der Waals surface area contributed by atoms with Gasteiger partial charge in [-0.15, -0.1) is 11.8 Å². The highest BCUT2D eigenvalue weighted by atomic mass is 79.9. The van der Waals surface area contributed by atoms with Gasteiger partial charge >= 0.3 is 6.09 Å². The third-order valence-corrected chi connectivity index (χ3v) is 7.40. The summed E-state index contributed by atoms with van der Waals surface area (Å²) in [6.07, 6.45) is 3.67. The van der Waals surface area contributed by atoms with Crippen molar-refractivity contribution in [1.82, 2.24) is 14.5 Å². The van der Waals surface area contributed by atoms with Gasteiger partial charge in [0.15, 0.2) is 5.78 Å². The Hall–Kier alpha value is -2.17. The molecule has 1 saturated heterocycles. The molecule has 8 nitrogen and oxygen atoms in total. The molecular weight excluding hydrogens is 510 g/mol. The van der Waals surface area contributed by atoms with E-state index >= 15 is 0 Å². The molecule has 2 unspecified atom stereocenters. The van der Waals surface area contributed by atoms with Gasteiger partial charge in [-0.05, 0) is 46.7 Å². The second kappa shape index (κ2) is 11.8. The van der Waals surface area contributed by atoms with Gasteiger partial charge in [-0.2, -0.15) is 0 Å². The standard InChI is InChI=1S/C23H28BrN3O5S/c1-4-9-32-23(30)27-8-6-7-20(31-3)19(27)10-15(28)13-26-14-25-18-12-17(24)21(33-5-2)11-16(18)22(26)29/h4,11-12,14,19-20H,1,5-10,13H2,2-3H3. The summed E-state index contributed by atoms with van der Waals surface area (Å²) in [5, 5.41) is 0.464. The van der Waals surface area contributed by atoms with Crippen molar-refractivity contribution in [2.75, 3.05) is 26.0 Å². The molecule has 33 heavy (non-hydrogen) atoms. The van der Waals surface area contributed by atoms with Crippen LogP contribution in [0.2, 0.25) is 0 Å². The summed E-state index contributed by atoms with van der Waals surface area (Å²) in [5.41, 5.74) is 0.298. The Morgan fingerprint density at radius 2 is 2.18 bits per heavy atom. The number of thioether (sulfide) groups is 1. The lowest BCUT2D eigenvalue weighted by Gasteiger charge is -2.39. The first-order chi connectivity index (χ1) is 15.9. The molecule has 1 aliphatic heterocycles. The molecule has 0 N–H and O–H groups in total. The summed E-state index contributed by atoms with van der Waals surface area (Å²) < 4.78 is 13.0. The van der Waals surface area contributed by atoms with Gasteiger partial charge in [-0.1, -0.05) is 19.6 Å². The molecule has 1 aliphatic rings. The first kappa shape index (κ1) is 25.5. The largest absolute Gasteiger partial charge is 0.445 e. The van der Waals surface area contributed by atoms with Gasteiger partial charge in [-0.25, -0.2) is 9.78 Å². The van der Waals surface area contributed by atoms with Crippen LogP contribution < -0.4 is 5.56 Å². The van der Waals surface area contributed by atoms with Crippen molar-refractivity contribution >= 4 is 50.5 Å². The van der Waals surface area contributed by atoms with Gasteiger partial charge in [0.1, 0.15) is 6.61 Å². The van der Waals surface area contributed by atoms with E-state index in [1.807, 2.05) is 19.1 Å². The summed E-state index contributed by atoms with van der Waals surface area (Å²) in [6.45, 7) is 6.05. The number of amides is 1. The zero-order chi connectivity index (χ0) is 24.0. The molecule has 1 amide bonds. The van der Waals surface area contributed by atoms with Crippen LogP contribution in [-0.4, -0.2) is 64.5 Å². The molecular formula is C23H28BrN3O5S. The topological polar surface area (TPSA) is 90.7 Å². The molecule has 1 fully saturated rings. The molecule has 10 heteroatoms. The number of halogens is 1. The SMILES string of the molecule is C=CCOC(=O)N1CCCC(OC)C1CC(=O)Cn1cnc2cc(Br)c(SCC)cc2c1=O. The molecule has 0 spiro atoms. The maximum Gasteiger partial charge on any atom is 0.410 e. The monoisotopic (exact) mass is 537 g/mol. The number of ketones is 1. The molecule has 0 aliphatic carbocycles. The number of carbonyl (C=O) groups is 2. The lowest BCUT2D eigenvalue weighted by Crippen LogP contribution is -2.53. The van der Waals surface area contributed by atoms with E-state index < -0.39 is 12.1 Å². The Labute approximate surface area is 205 Å². The number of methoxy groups -OCH3 is 1. The van der Waals surface area contributed by atoms with Crippen LogP contribution in [-0.2, 0) is 20.8 Å². The van der Waals surface area contributed by atoms with Crippen LogP contribution in [0.4, 0.5) is 4.79 Å². The Bertz CT molecular complexity index is 1090. The lowest BCUT2D eigenvalue weighted by atomic mass is 9.94. The zero-order valence-corrected chi connectivity index (χ0v) is 21.2. The minimum atomic E-state index is -0.495. The maximum absolute atomic E-state index is 13.1. The summed E-state index contributed by atoms with van der Waals surface area (Å²) in [7, 11) is 1.57.